The molecule has 0 atom stereocenters. The van der Waals surface area contributed by atoms with Gasteiger partial charge in [-0.05, 0) is 24.8 Å². The van der Waals surface area contributed by atoms with Crippen LogP contribution in [0.2, 0.25) is 0 Å². The molecule has 3 rings (SSSR count). The summed E-state index contributed by atoms with van der Waals surface area (Å²) in [7, 11) is 0. The Bertz CT molecular complexity index is 651. The first-order valence-corrected chi connectivity index (χ1v) is 7.51. The van der Waals surface area contributed by atoms with Gasteiger partial charge in [0, 0.05) is 29.9 Å². The molecule has 2 aromatic rings. The van der Waals surface area contributed by atoms with Crippen molar-refractivity contribution in [2.75, 3.05) is 11.9 Å². The third kappa shape index (κ3) is 2.96. The van der Waals surface area contributed by atoms with E-state index >= 15 is 0 Å². The number of nitrogens with one attached hydrogen (secondary N) is 1. The van der Waals surface area contributed by atoms with Gasteiger partial charge in [0.2, 0.25) is 0 Å². The molecular formula is C16H19N3O2. The molecule has 0 unspecified atom stereocenters. The van der Waals surface area contributed by atoms with Gasteiger partial charge in [0.25, 0.3) is 5.69 Å². The number of benzene rings is 1. The summed E-state index contributed by atoms with van der Waals surface area (Å²) < 4.78 is 0. The molecule has 1 aliphatic rings. The van der Waals surface area contributed by atoms with Gasteiger partial charge in [-0.1, -0.05) is 31.4 Å². The van der Waals surface area contributed by atoms with Gasteiger partial charge >= 0.3 is 0 Å². The lowest BCUT2D eigenvalue weighted by Gasteiger charge is -2.22. The van der Waals surface area contributed by atoms with Crippen LogP contribution in [0.3, 0.4) is 0 Å². The van der Waals surface area contributed by atoms with E-state index in [1.807, 2.05) is 12.1 Å². The van der Waals surface area contributed by atoms with Crippen molar-refractivity contribution < 1.29 is 4.92 Å². The summed E-state index contributed by atoms with van der Waals surface area (Å²) in [4.78, 5) is 14.9. The van der Waals surface area contributed by atoms with Crippen LogP contribution in [0, 0.1) is 16.0 Å². The summed E-state index contributed by atoms with van der Waals surface area (Å²) in [5.41, 5.74) is 1.46. The molecule has 0 aliphatic heterocycles. The summed E-state index contributed by atoms with van der Waals surface area (Å²) in [6.07, 6.45) is 8.16. The lowest BCUT2D eigenvalue weighted by Crippen LogP contribution is -2.17. The number of nitrogens with zero attached hydrogens (tertiary/aromatic N) is 2. The Morgan fingerprint density at radius 3 is 2.81 bits per heavy atom. The standard InChI is InChI=1S/C16H19N3O2/c20-19(21)15-8-4-7-13-14(9-10-17-16(13)15)18-11-12-5-2-1-3-6-12/h4,7-10,12H,1-3,5-6,11H2,(H,17,18). The summed E-state index contributed by atoms with van der Waals surface area (Å²) in [5, 5.41) is 15.4. The Kier molecular flexibility index (Phi) is 3.99. The molecule has 110 valence electrons. The van der Waals surface area contributed by atoms with Crippen molar-refractivity contribution >= 4 is 22.3 Å². The van der Waals surface area contributed by atoms with E-state index < -0.39 is 0 Å². The molecule has 0 radical (unpaired) electrons. The smallest absolute Gasteiger partial charge is 0.295 e. The first-order valence-electron chi connectivity index (χ1n) is 7.51. The number of non-ortho nitro benzene ring substituents is 1. The zero-order chi connectivity index (χ0) is 14.7. The normalized spacial score (nSPS) is 16.0. The van der Waals surface area contributed by atoms with Crippen LogP contribution >= 0.6 is 0 Å². The molecule has 1 heterocycles. The van der Waals surface area contributed by atoms with Gasteiger partial charge in [-0.25, -0.2) is 4.98 Å². The molecule has 0 bridgehead atoms. The highest BCUT2D eigenvalue weighted by molar-refractivity contribution is 5.96. The Balaban J connectivity index is 1.85. The van der Waals surface area contributed by atoms with E-state index in [9.17, 15) is 10.1 Å². The van der Waals surface area contributed by atoms with Gasteiger partial charge in [0.05, 0.1) is 4.92 Å². The summed E-state index contributed by atoms with van der Waals surface area (Å²) in [6, 6.07) is 7.00. The van der Waals surface area contributed by atoms with E-state index in [0.717, 1.165) is 17.6 Å². The molecule has 1 aliphatic carbocycles. The maximum atomic E-state index is 11.1. The third-order valence-corrected chi connectivity index (χ3v) is 4.25. The van der Waals surface area contributed by atoms with Crippen molar-refractivity contribution in [2.45, 2.75) is 32.1 Å². The monoisotopic (exact) mass is 285 g/mol. The molecule has 1 N–H and O–H groups in total. The maximum Gasteiger partial charge on any atom is 0.295 e. The van der Waals surface area contributed by atoms with Crippen molar-refractivity contribution in [3.8, 4) is 0 Å². The van der Waals surface area contributed by atoms with Crippen LogP contribution in [0.5, 0.6) is 0 Å². The van der Waals surface area contributed by atoms with Crippen LogP contribution in [-0.4, -0.2) is 16.5 Å². The third-order valence-electron chi connectivity index (χ3n) is 4.25. The van der Waals surface area contributed by atoms with E-state index in [2.05, 4.69) is 10.3 Å². The fourth-order valence-corrected chi connectivity index (χ4v) is 3.11. The number of nitro groups is 1. The SMILES string of the molecule is O=[N+]([O-])c1cccc2c(NCC3CCCCC3)ccnc12. The second-order valence-electron chi connectivity index (χ2n) is 5.67. The first kappa shape index (κ1) is 13.8. The van der Waals surface area contributed by atoms with Gasteiger partial charge in [-0.15, -0.1) is 0 Å². The number of pyridine rings is 1. The van der Waals surface area contributed by atoms with Gasteiger partial charge in [0.1, 0.15) is 5.52 Å². The summed E-state index contributed by atoms with van der Waals surface area (Å²) in [6.45, 7) is 0.932. The maximum absolute atomic E-state index is 11.1. The average molecular weight is 285 g/mol. The number of hydrogen-bond acceptors (Lipinski definition) is 4. The van der Waals surface area contributed by atoms with E-state index in [1.165, 1.54) is 38.2 Å². The highest BCUT2D eigenvalue weighted by Gasteiger charge is 2.16. The van der Waals surface area contributed by atoms with Gasteiger partial charge in [-0.3, -0.25) is 10.1 Å². The zero-order valence-corrected chi connectivity index (χ0v) is 11.9. The highest BCUT2D eigenvalue weighted by atomic mass is 16.6. The second kappa shape index (κ2) is 6.08. The molecule has 1 aromatic heterocycles. The van der Waals surface area contributed by atoms with Crippen LogP contribution in [-0.2, 0) is 0 Å². The molecule has 1 aromatic carbocycles. The number of hydrogen-bond donors (Lipinski definition) is 1. The fourth-order valence-electron chi connectivity index (χ4n) is 3.11. The lowest BCUT2D eigenvalue weighted by molar-refractivity contribution is -0.383. The minimum absolute atomic E-state index is 0.0637. The van der Waals surface area contributed by atoms with Crippen LogP contribution in [0.25, 0.3) is 10.9 Å². The number of para-hydroxylation sites is 1. The molecule has 1 fully saturated rings. The largest absolute Gasteiger partial charge is 0.384 e. The van der Waals surface area contributed by atoms with Crippen molar-refractivity contribution in [2.24, 2.45) is 5.92 Å². The Labute approximate surface area is 123 Å². The molecule has 0 saturated heterocycles. The first-order chi connectivity index (χ1) is 10.3. The number of fused-ring (bicyclic) bond motifs is 1. The Hall–Kier alpha value is -2.17. The molecule has 0 spiro atoms. The van der Waals surface area contributed by atoms with Gasteiger partial charge < -0.3 is 5.32 Å². The van der Waals surface area contributed by atoms with E-state index in [1.54, 1.807) is 12.3 Å². The molecule has 5 heteroatoms. The molecular weight excluding hydrogens is 266 g/mol. The minimum atomic E-state index is -0.375. The van der Waals surface area contributed by atoms with Crippen molar-refractivity contribution in [3.63, 3.8) is 0 Å². The lowest BCUT2D eigenvalue weighted by atomic mass is 9.89. The predicted octanol–water partition coefficient (Wildman–Crippen LogP) is 4.14. The molecule has 21 heavy (non-hydrogen) atoms. The van der Waals surface area contributed by atoms with Crippen molar-refractivity contribution in [1.29, 1.82) is 0 Å². The number of aromatic nitrogens is 1. The molecule has 0 amide bonds. The average Bonchev–Trinajstić information content (AvgIpc) is 2.53. The number of anilines is 1. The second-order valence-corrected chi connectivity index (χ2v) is 5.67. The van der Waals surface area contributed by atoms with Crippen molar-refractivity contribution in [3.05, 3.63) is 40.6 Å². The van der Waals surface area contributed by atoms with E-state index in [4.69, 9.17) is 0 Å². The Morgan fingerprint density at radius 1 is 1.24 bits per heavy atom. The summed E-state index contributed by atoms with van der Waals surface area (Å²) >= 11 is 0. The van der Waals surface area contributed by atoms with Gasteiger partial charge in [0.15, 0.2) is 0 Å². The zero-order valence-electron chi connectivity index (χ0n) is 11.9. The number of nitro benzene ring substituents is 1. The van der Waals surface area contributed by atoms with E-state index in [0.29, 0.717) is 11.4 Å². The van der Waals surface area contributed by atoms with Gasteiger partial charge in [-0.2, -0.15) is 0 Å². The highest BCUT2D eigenvalue weighted by Crippen LogP contribution is 2.30. The van der Waals surface area contributed by atoms with Crippen LogP contribution in [0.1, 0.15) is 32.1 Å². The predicted molar refractivity (Wildman–Crippen MR) is 83.5 cm³/mol. The molecule has 1 saturated carbocycles. The molecule has 5 nitrogen and oxygen atoms in total. The topological polar surface area (TPSA) is 68.1 Å². The van der Waals surface area contributed by atoms with Crippen LogP contribution in [0.15, 0.2) is 30.5 Å². The van der Waals surface area contributed by atoms with Crippen LogP contribution < -0.4 is 5.32 Å². The quantitative estimate of drug-likeness (QED) is 0.677. The van der Waals surface area contributed by atoms with Crippen molar-refractivity contribution in [1.82, 2.24) is 4.98 Å². The fraction of sp³-hybridized carbons (Fsp3) is 0.438. The number of rotatable bonds is 4. The minimum Gasteiger partial charge on any atom is -0.384 e. The van der Waals surface area contributed by atoms with E-state index in [-0.39, 0.29) is 10.6 Å². The van der Waals surface area contributed by atoms with Crippen LogP contribution in [0.4, 0.5) is 11.4 Å². The Morgan fingerprint density at radius 2 is 2.05 bits per heavy atom. The summed E-state index contributed by atoms with van der Waals surface area (Å²) in [5.74, 6) is 0.709.